The van der Waals surface area contributed by atoms with Gasteiger partial charge < -0.3 is 19.9 Å². The van der Waals surface area contributed by atoms with Crippen LogP contribution in [0.4, 0.5) is 5.69 Å². The molecule has 10 heteroatoms. The Bertz CT molecular complexity index is 1130. The van der Waals surface area contributed by atoms with Gasteiger partial charge in [-0.05, 0) is 24.3 Å². The molecule has 3 rings (SSSR count). The first-order chi connectivity index (χ1) is 13.8. The molecule has 8 nitrogen and oxygen atoms in total. The monoisotopic (exact) mass is 479 g/mol. The highest BCUT2D eigenvalue weighted by Crippen LogP contribution is 2.36. The number of methoxy groups -OCH3 is 2. The van der Waals surface area contributed by atoms with Gasteiger partial charge in [0.05, 0.1) is 30.6 Å². The quantitative estimate of drug-likeness (QED) is 0.578. The standard InChI is InChI=1S/C19H15BrClN3O5/c1-28-15-8-13(16(29-2)7-12(15)21)22-19(27)18-14(25)9-17(26)24(23-18)11-5-3-10(20)4-6-11/h3-9,25H,1-2H3,(H,22,27). The van der Waals surface area contributed by atoms with Gasteiger partial charge in [-0.15, -0.1) is 0 Å². The van der Waals surface area contributed by atoms with Crippen molar-refractivity contribution in [2.75, 3.05) is 19.5 Å². The number of hydrogen-bond donors (Lipinski definition) is 2. The van der Waals surface area contributed by atoms with Crippen molar-refractivity contribution in [1.82, 2.24) is 9.78 Å². The molecule has 0 aliphatic rings. The van der Waals surface area contributed by atoms with Crippen LogP contribution in [-0.4, -0.2) is 35.0 Å². The van der Waals surface area contributed by atoms with Crippen molar-refractivity contribution in [2.24, 2.45) is 0 Å². The van der Waals surface area contributed by atoms with Crippen molar-refractivity contribution in [1.29, 1.82) is 0 Å². The smallest absolute Gasteiger partial charge is 0.280 e. The van der Waals surface area contributed by atoms with Gasteiger partial charge in [0.15, 0.2) is 11.4 Å². The zero-order valence-electron chi connectivity index (χ0n) is 15.3. The maximum Gasteiger partial charge on any atom is 0.280 e. The van der Waals surface area contributed by atoms with Gasteiger partial charge in [-0.2, -0.15) is 9.78 Å². The number of nitrogens with one attached hydrogen (secondary N) is 1. The number of halogens is 2. The number of anilines is 1. The summed E-state index contributed by atoms with van der Waals surface area (Å²) in [7, 11) is 2.85. The minimum atomic E-state index is -0.754. The third-order valence-electron chi connectivity index (χ3n) is 3.92. The third-order valence-corrected chi connectivity index (χ3v) is 4.74. The normalized spacial score (nSPS) is 10.5. The molecule has 1 aromatic heterocycles. The topological polar surface area (TPSA) is 103 Å². The zero-order chi connectivity index (χ0) is 21.1. The first kappa shape index (κ1) is 20.7. The average molecular weight is 481 g/mol. The van der Waals surface area contributed by atoms with Crippen LogP contribution >= 0.6 is 27.5 Å². The number of ether oxygens (including phenoxy) is 2. The molecule has 0 aliphatic heterocycles. The Labute approximate surface area is 178 Å². The van der Waals surface area contributed by atoms with Gasteiger partial charge in [0.25, 0.3) is 11.5 Å². The van der Waals surface area contributed by atoms with Crippen LogP contribution in [0.2, 0.25) is 5.02 Å². The fourth-order valence-corrected chi connectivity index (χ4v) is 3.01. The molecule has 0 radical (unpaired) electrons. The first-order valence-corrected chi connectivity index (χ1v) is 9.33. The molecule has 0 saturated heterocycles. The Morgan fingerprint density at radius 3 is 2.41 bits per heavy atom. The number of aromatic hydroxyl groups is 1. The Morgan fingerprint density at radius 1 is 1.14 bits per heavy atom. The third kappa shape index (κ3) is 4.36. The van der Waals surface area contributed by atoms with Crippen molar-refractivity contribution in [2.45, 2.75) is 0 Å². The SMILES string of the molecule is COc1cc(NC(=O)c2nn(-c3ccc(Br)cc3)c(=O)cc2O)c(OC)cc1Cl. The lowest BCUT2D eigenvalue weighted by atomic mass is 10.2. The van der Waals surface area contributed by atoms with E-state index in [4.69, 9.17) is 21.1 Å². The molecule has 0 spiro atoms. The molecule has 2 aromatic carbocycles. The summed E-state index contributed by atoms with van der Waals surface area (Å²) in [6.07, 6.45) is 0. The van der Waals surface area contributed by atoms with Gasteiger partial charge in [-0.25, -0.2) is 0 Å². The molecule has 150 valence electrons. The van der Waals surface area contributed by atoms with Gasteiger partial charge in [-0.3, -0.25) is 9.59 Å². The van der Waals surface area contributed by atoms with Crippen LogP contribution in [-0.2, 0) is 0 Å². The van der Waals surface area contributed by atoms with E-state index >= 15 is 0 Å². The number of amides is 1. The van der Waals surface area contributed by atoms with E-state index in [-0.39, 0.29) is 17.1 Å². The lowest BCUT2D eigenvalue weighted by Crippen LogP contribution is -2.25. The molecule has 0 fully saturated rings. The number of benzene rings is 2. The minimum Gasteiger partial charge on any atom is -0.505 e. The highest BCUT2D eigenvalue weighted by Gasteiger charge is 2.20. The highest BCUT2D eigenvalue weighted by molar-refractivity contribution is 9.10. The number of nitrogens with zero attached hydrogens (tertiary/aromatic N) is 2. The number of hydrogen-bond acceptors (Lipinski definition) is 6. The lowest BCUT2D eigenvalue weighted by Gasteiger charge is -2.14. The summed E-state index contributed by atoms with van der Waals surface area (Å²) in [5.74, 6) is -0.707. The Balaban J connectivity index is 2.01. The van der Waals surface area contributed by atoms with Crippen molar-refractivity contribution in [3.05, 3.63) is 68.0 Å². The molecule has 2 N–H and O–H groups in total. The number of carbonyl (C=O) groups excluding carboxylic acids is 1. The van der Waals surface area contributed by atoms with Crippen LogP contribution < -0.4 is 20.3 Å². The zero-order valence-corrected chi connectivity index (χ0v) is 17.6. The van der Waals surface area contributed by atoms with Gasteiger partial charge in [0, 0.05) is 22.7 Å². The van der Waals surface area contributed by atoms with E-state index in [0.29, 0.717) is 16.5 Å². The van der Waals surface area contributed by atoms with E-state index < -0.39 is 17.2 Å². The fraction of sp³-hybridized carbons (Fsp3) is 0.105. The highest BCUT2D eigenvalue weighted by atomic mass is 79.9. The summed E-state index contributed by atoms with van der Waals surface area (Å²) in [5, 5.41) is 17.0. The fourth-order valence-electron chi connectivity index (χ4n) is 2.52. The van der Waals surface area contributed by atoms with Crippen LogP contribution in [0.5, 0.6) is 17.2 Å². The van der Waals surface area contributed by atoms with E-state index in [1.54, 1.807) is 24.3 Å². The summed E-state index contributed by atoms with van der Waals surface area (Å²) in [4.78, 5) is 25.0. The van der Waals surface area contributed by atoms with Crippen LogP contribution in [0, 0.1) is 0 Å². The molecule has 0 atom stereocenters. The van der Waals surface area contributed by atoms with Crippen molar-refractivity contribution < 1.29 is 19.4 Å². The van der Waals surface area contributed by atoms with E-state index in [1.807, 2.05) is 0 Å². The predicted octanol–water partition coefficient (Wildman–Crippen LogP) is 3.62. The summed E-state index contributed by atoms with van der Waals surface area (Å²) in [5.41, 5.74) is -0.255. The molecule has 0 bridgehead atoms. The maximum atomic E-state index is 12.8. The van der Waals surface area contributed by atoms with Crippen molar-refractivity contribution in [3.8, 4) is 22.9 Å². The van der Waals surface area contributed by atoms with E-state index in [1.165, 1.54) is 26.4 Å². The number of carbonyl (C=O) groups is 1. The molecule has 1 amide bonds. The van der Waals surface area contributed by atoms with Gasteiger partial charge in [0.1, 0.15) is 11.5 Å². The molecule has 3 aromatic rings. The van der Waals surface area contributed by atoms with Crippen molar-refractivity contribution >= 4 is 39.1 Å². The predicted molar refractivity (Wildman–Crippen MR) is 112 cm³/mol. The molecule has 0 saturated carbocycles. The molecule has 1 heterocycles. The van der Waals surface area contributed by atoms with E-state index in [0.717, 1.165) is 15.2 Å². The Morgan fingerprint density at radius 2 is 1.79 bits per heavy atom. The maximum absolute atomic E-state index is 12.8. The number of rotatable bonds is 5. The molecule has 0 aliphatic carbocycles. The summed E-state index contributed by atoms with van der Waals surface area (Å²) >= 11 is 9.37. The van der Waals surface area contributed by atoms with E-state index in [2.05, 4.69) is 26.3 Å². The van der Waals surface area contributed by atoms with Crippen LogP contribution in [0.3, 0.4) is 0 Å². The summed E-state index contributed by atoms with van der Waals surface area (Å²) < 4.78 is 12.2. The Hall–Kier alpha value is -3.04. The van der Waals surface area contributed by atoms with Gasteiger partial charge in [0.2, 0.25) is 0 Å². The summed E-state index contributed by atoms with van der Waals surface area (Å²) in [6.45, 7) is 0. The molecule has 0 unspecified atom stereocenters. The Kier molecular flexibility index (Phi) is 6.09. The summed E-state index contributed by atoms with van der Waals surface area (Å²) in [6, 6.07) is 10.6. The minimum absolute atomic E-state index is 0.251. The van der Waals surface area contributed by atoms with Crippen LogP contribution in [0.15, 0.2) is 51.7 Å². The molecular weight excluding hydrogens is 466 g/mol. The lowest BCUT2D eigenvalue weighted by molar-refractivity contribution is 0.101. The molecular formula is C19H15BrClN3O5. The van der Waals surface area contributed by atoms with Gasteiger partial charge >= 0.3 is 0 Å². The largest absolute Gasteiger partial charge is 0.505 e. The second kappa shape index (κ2) is 8.54. The van der Waals surface area contributed by atoms with Crippen molar-refractivity contribution in [3.63, 3.8) is 0 Å². The van der Waals surface area contributed by atoms with Crippen LogP contribution in [0.25, 0.3) is 5.69 Å². The average Bonchev–Trinajstić information content (AvgIpc) is 2.69. The second-order valence-electron chi connectivity index (χ2n) is 5.75. The van der Waals surface area contributed by atoms with Crippen LogP contribution in [0.1, 0.15) is 10.5 Å². The van der Waals surface area contributed by atoms with Gasteiger partial charge in [-0.1, -0.05) is 27.5 Å². The van der Waals surface area contributed by atoms with E-state index in [9.17, 15) is 14.7 Å². The number of aromatic nitrogens is 2. The molecule has 29 heavy (non-hydrogen) atoms. The first-order valence-electron chi connectivity index (χ1n) is 8.16. The second-order valence-corrected chi connectivity index (χ2v) is 7.07.